The maximum Gasteiger partial charge on any atom is 0.144 e. The molecule has 10 heavy (non-hydrogen) atoms. The van der Waals surface area contributed by atoms with Crippen LogP contribution in [0.2, 0.25) is 0 Å². The predicted molar refractivity (Wildman–Crippen MR) is 40.2 cm³/mol. The van der Waals surface area contributed by atoms with Crippen molar-refractivity contribution in [3.63, 3.8) is 0 Å². The first-order chi connectivity index (χ1) is 4.67. The van der Waals surface area contributed by atoms with Gasteiger partial charge in [-0.1, -0.05) is 11.6 Å². The lowest BCUT2D eigenvalue weighted by Crippen LogP contribution is -2.35. The number of halogens is 1. The van der Waals surface area contributed by atoms with E-state index in [0.717, 1.165) is 0 Å². The Labute approximate surface area is 64.8 Å². The number of hydrogen-bond acceptors (Lipinski definition) is 2. The molecule has 0 saturated carbocycles. The third kappa shape index (κ3) is 1.14. The normalized spacial score (nSPS) is 30.3. The van der Waals surface area contributed by atoms with E-state index >= 15 is 0 Å². The van der Waals surface area contributed by atoms with Crippen molar-refractivity contribution in [2.75, 3.05) is 0 Å². The monoisotopic (exact) mass is 154 g/mol. The van der Waals surface area contributed by atoms with Gasteiger partial charge in [-0.25, -0.2) is 0 Å². The molecular formula is C7H7ClN2. The second kappa shape index (κ2) is 2.36. The van der Waals surface area contributed by atoms with Crippen molar-refractivity contribution in [1.29, 1.82) is 5.26 Å². The molecule has 0 saturated heterocycles. The van der Waals surface area contributed by atoms with E-state index in [1.165, 1.54) is 0 Å². The first kappa shape index (κ1) is 7.17. The van der Waals surface area contributed by atoms with Crippen LogP contribution in [0.1, 0.15) is 6.92 Å². The van der Waals surface area contributed by atoms with Crippen molar-refractivity contribution in [3.05, 3.63) is 23.9 Å². The van der Waals surface area contributed by atoms with E-state index < -0.39 is 5.00 Å². The molecule has 0 amide bonds. The number of nitrogens with one attached hydrogen (secondary N) is 1. The Hall–Kier alpha value is -0.940. The van der Waals surface area contributed by atoms with Crippen LogP contribution in [0, 0.1) is 11.3 Å². The molecule has 0 aromatic heterocycles. The predicted octanol–water partition coefficient (Wildman–Crippen LogP) is 1.51. The number of alkyl halides is 1. The number of dihydropyridines is 1. The van der Waals surface area contributed by atoms with E-state index in [4.69, 9.17) is 16.9 Å². The molecule has 1 rings (SSSR count). The van der Waals surface area contributed by atoms with Crippen LogP contribution in [0.3, 0.4) is 0 Å². The van der Waals surface area contributed by atoms with Gasteiger partial charge in [-0.3, -0.25) is 0 Å². The molecule has 52 valence electrons. The van der Waals surface area contributed by atoms with E-state index in [0.29, 0.717) is 5.57 Å². The average Bonchev–Trinajstić information content (AvgIpc) is 1.87. The van der Waals surface area contributed by atoms with Crippen LogP contribution in [0.4, 0.5) is 0 Å². The summed E-state index contributed by atoms with van der Waals surface area (Å²) in [6, 6.07) is 2.01. The molecule has 1 aliphatic heterocycles. The molecular weight excluding hydrogens is 148 g/mol. The molecule has 0 aromatic carbocycles. The molecule has 0 bridgehead atoms. The van der Waals surface area contributed by atoms with E-state index in [2.05, 4.69) is 5.32 Å². The quantitative estimate of drug-likeness (QED) is 0.424. The van der Waals surface area contributed by atoms with Gasteiger partial charge in [0.05, 0.1) is 11.6 Å². The average molecular weight is 155 g/mol. The lowest BCUT2D eigenvalue weighted by Gasteiger charge is -2.23. The standard InChI is InChI=1S/C7H7ClN2/c1-7(8)6(5-9)3-2-4-10-7/h2-4,10H,1H3. The Morgan fingerprint density at radius 1 is 1.80 bits per heavy atom. The van der Waals surface area contributed by atoms with E-state index in [-0.39, 0.29) is 0 Å². The molecule has 0 spiro atoms. The minimum absolute atomic E-state index is 0.539. The van der Waals surface area contributed by atoms with Gasteiger partial charge in [0, 0.05) is 0 Å². The highest BCUT2D eigenvalue weighted by atomic mass is 35.5. The van der Waals surface area contributed by atoms with Crippen LogP contribution in [-0.2, 0) is 0 Å². The number of allylic oxidation sites excluding steroid dienone is 2. The van der Waals surface area contributed by atoms with E-state index in [9.17, 15) is 0 Å². The Kier molecular flexibility index (Phi) is 1.69. The van der Waals surface area contributed by atoms with Gasteiger partial charge in [-0.15, -0.1) is 0 Å². The fraction of sp³-hybridized carbons (Fsp3) is 0.286. The van der Waals surface area contributed by atoms with Gasteiger partial charge in [-0.2, -0.15) is 5.26 Å². The van der Waals surface area contributed by atoms with Crippen LogP contribution in [0.5, 0.6) is 0 Å². The van der Waals surface area contributed by atoms with Crippen LogP contribution >= 0.6 is 11.6 Å². The van der Waals surface area contributed by atoms with Gasteiger partial charge in [0.1, 0.15) is 5.00 Å². The smallest absolute Gasteiger partial charge is 0.144 e. The first-order valence-electron chi connectivity index (χ1n) is 2.91. The topological polar surface area (TPSA) is 35.8 Å². The maximum absolute atomic E-state index is 8.55. The summed E-state index contributed by atoms with van der Waals surface area (Å²) in [5.41, 5.74) is 0.539. The molecule has 1 atom stereocenters. The Morgan fingerprint density at radius 3 is 2.90 bits per heavy atom. The number of hydrogen-bond donors (Lipinski definition) is 1. The van der Waals surface area contributed by atoms with E-state index in [1.54, 1.807) is 25.3 Å². The van der Waals surface area contributed by atoms with Crippen LogP contribution in [0.15, 0.2) is 23.9 Å². The van der Waals surface area contributed by atoms with Gasteiger partial charge in [-0.05, 0) is 25.3 Å². The highest BCUT2D eigenvalue weighted by Crippen LogP contribution is 2.22. The SMILES string of the molecule is CC1(Cl)NC=CC=C1C#N. The summed E-state index contributed by atoms with van der Waals surface area (Å²) in [4.78, 5) is -0.719. The van der Waals surface area contributed by atoms with Crippen molar-refractivity contribution in [1.82, 2.24) is 5.32 Å². The summed E-state index contributed by atoms with van der Waals surface area (Å²) in [6.45, 7) is 1.74. The molecule has 0 fully saturated rings. The molecule has 0 radical (unpaired) electrons. The molecule has 1 aliphatic rings. The van der Waals surface area contributed by atoms with E-state index in [1.807, 2.05) is 6.07 Å². The molecule has 2 nitrogen and oxygen atoms in total. The molecule has 0 aromatic rings. The van der Waals surface area contributed by atoms with Crippen LogP contribution in [0.25, 0.3) is 0 Å². The number of rotatable bonds is 0. The molecule has 1 unspecified atom stereocenters. The lowest BCUT2D eigenvalue weighted by molar-refractivity contribution is 0.662. The van der Waals surface area contributed by atoms with Crippen molar-refractivity contribution in [2.45, 2.75) is 11.9 Å². The molecule has 3 heteroatoms. The second-order valence-corrected chi connectivity index (χ2v) is 2.95. The minimum Gasteiger partial charge on any atom is -0.369 e. The Morgan fingerprint density at radius 2 is 2.50 bits per heavy atom. The van der Waals surface area contributed by atoms with Gasteiger partial charge in [0.15, 0.2) is 0 Å². The van der Waals surface area contributed by atoms with Crippen LogP contribution in [-0.4, -0.2) is 5.00 Å². The van der Waals surface area contributed by atoms with Crippen molar-refractivity contribution >= 4 is 11.6 Å². The first-order valence-corrected chi connectivity index (χ1v) is 3.28. The molecule has 0 aliphatic carbocycles. The summed E-state index contributed by atoms with van der Waals surface area (Å²) >= 11 is 5.89. The van der Waals surface area contributed by atoms with Gasteiger partial charge >= 0.3 is 0 Å². The summed E-state index contributed by atoms with van der Waals surface area (Å²) in [7, 11) is 0. The summed E-state index contributed by atoms with van der Waals surface area (Å²) in [5.74, 6) is 0. The Balaban J connectivity index is 2.95. The van der Waals surface area contributed by atoms with Crippen molar-refractivity contribution in [3.8, 4) is 6.07 Å². The summed E-state index contributed by atoms with van der Waals surface area (Å²) < 4.78 is 0. The molecule has 1 heterocycles. The van der Waals surface area contributed by atoms with Crippen molar-refractivity contribution < 1.29 is 0 Å². The van der Waals surface area contributed by atoms with Crippen molar-refractivity contribution in [2.24, 2.45) is 0 Å². The Bertz CT molecular complexity index is 232. The summed E-state index contributed by atoms with van der Waals surface area (Å²) in [5, 5.41) is 11.4. The third-order valence-corrected chi connectivity index (χ3v) is 1.65. The third-order valence-electron chi connectivity index (χ3n) is 1.34. The number of nitriles is 1. The number of nitrogens with zero attached hydrogens (tertiary/aromatic N) is 1. The summed E-state index contributed by atoms with van der Waals surface area (Å²) in [6.07, 6.45) is 5.17. The molecule has 1 N–H and O–H groups in total. The second-order valence-electron chi connectivity index (χ2n) is 2.20. The minimum atomic E-state index is -0.719. The van der Waals surface area contributed by atoms with Crippen LogP contribution < -0.4 is 5.32 Å². The lowest BCUT2D eigenvalue weighted by atomic mass is 10.1. The van der Waals surface area contributed by atoms with Gasteiger partial charge in [0.2, 0.25) is 0 Å². The van der Waals surface area contributed by atoms with Gasteiger partial charge in [0.25, 0.3) is 0 Å². The highest BCUT2D eigenvalue weighted by Gasteiger charge is 2.25. The fourth-order valence-electron chi connectivity index (χ4n) is 0.725. The largest absolute Gasteiger partial charge is 0.369 e. The maximum atomic E-state index is 8.55. The highest BCUT2D eigenvalue weighted by molar-refractivity contribution is 6.25. The van der Waals surface area contributed by atoms with Gasteiger partial charge < -0.3 is 5.32 Å². The zero-order valence-corrected chi connectivity index (χ0v) is 6.31. The fourth-order valence-corrected chi connectivity index (χ4v) is 0.894. The zero-order valence-electron chi connectivity index (χ0n) is 5.56. The zero-order chi connectivity index (χ0) is 7.61.